The molecular weight excluding hydrogens is 173 g/mol. The van der Waals surface area contributed by atoms with Crippen LogP contribution in [0.1, 0.15) is 25.7 Å². The minimum atomic E-state index is -0.191. The van der Waals surface area contributed by atoms with Crippen LogP contribution in [-0.4, -0.2) is 30.8 Å². The SMILES string of the molecule is CSC1CCCC1NCCCF. The molecule has 1 aliphatic rings. The molecule has 1 saturated carbocycles. The Labute approximate surface area is 78.5 Å². The highest BCUT2D eigenvalue weighted by molar-refractivity contribution is 7.99. The van der Waals surface area contributed by atoms with E-state index in [0.717, 1.165) is 11.8 Å². The average Bonchev–Trinajstić information content (AvgIpc) is 2.52. The molecule has 0 amide bonds. The molecule has 0 aliphatic heterocycles. The molecule has 0 aromatic heterocycles. The first-order chi connectivity index (χ1) is 5.88. The maximum absolute atomic E-state index is 11.8. The van der Waals surface area contributed by atoms with Gasteiger partial charge < -0.3 is 5.32 Å². The van der Waals surface area contributed by atoms with E-state index in [4.69, 9.17) is 0 Å². The van der Waals surface area contributed by atoms with Crippen LogP contribution in [0, 0.1) is 0 Å². The number of alkyl halides is 1. The van der Waals surface area contributed by atoms with Crippen LogP contribution in [0.15, 0.2) is 0 Å². The van der Waals surface area contributed by atoms with Crippen molar-refractivity contribution in [3.05, 3.63) is 0 Å². The zero-order chi connectivity index (χ0) is 8.81. The molecule has 0 aromatic rings. The molecule has 0 heterocycles. The van der Waals surface area contributed by atoms with E-state index in [1.54, 1.807) is 0 Å². The first-order valence-electron chi connectivity index (χ1n) is 4.70. The summed E-state index contributed by atoms with van der Waals surface area (Å²) in [5.74, 6) is 0. The lowest BCUT2D eigenvalue weighted by atomic mass is 10.2. The predicted molar refractivity (Wildman–Crippen MR) is 53.5 cm³/mol. The van der Waals surface area contributed by atoms with Crippen molar-refractivity contribution in [2.45, 2.75) is 37.0 Å². The second-order valence-electron chi connectivity index (χ2n) is 3.31. The normalized spacial score (nSPS) is 29.5. The van der Waals surface area contributed by atoms with Gasteiger partial charge in [-0.25, -0.2) is 0 Å². The maximum atomic E-state index is 11.8. The van der Waals surface area contributed by atoms with E-state index in [2.05, 4.69) is 11.6 Å². The summed E-state index contributed by atoms with van der Waals surface area (Å²) in [6, 6.07) is 0.645. The van der Waals surface area contributed by atoms with Gasteiger partial charge in [0, 0.05) is 11.3 Å². The number of rotatable bonds is 5. The molecule has 1 aliphatic carbocycles. The Balaban J connectivity index is 2.12. The van der Waals surface area contributed by atoms with Crippen LogP contribution in [0.5, 0.6) is 0 Å². The fourth-order valence-electron chi connectivity index (χ4n) is 1.80. The van der Waals surface area contributed by atoms with Crippen molar-refractivity contribution in [1.82, 2.24) is 5.32 Å². The summed E-state index contributed by atoms with van der Waals surface area (Å²) in [7, 11) is 0. The van der Waals surface area contributed by atoms with Crippen LogP contribution in [0.4, 0.5) is 4.39 Å². The van der Waals surface area contributed by atoms with Crippen molar-refractivity contribution in [2.24, 2.45) is 0 Å². The summed E-state index contributed by atoms with van der Waals surface area (Å²) in [5.41, 5.74) is 0. The first kappa shape index (κ1) is 10.3. The Hall–Kier alpha value is 0.240. The van der Waals surface area contributed by atoms with Crippen LogP contribution in [-0.2, 0) is 0 Å². The van der Waals surface area contributed by atoms with Gasteiger partial charge in [-0.2, -0.15) is 11.8 Å². The minimum Gasteiger partial charge on any atom is -0.313 e. The Kier molecular flexibility index (Phi) is 5.00. The molecule has 1 nitrogen and oxygen atoms in total. The van der Waals surface area contributed by atoms with Gasteiger partial charge in [-0.3, -0.25) is 4.39 Å². The summed E-state index contributed by atoms with van der Waals surface area (Å²) >= 11 is 1.94. The van der Waals surface area contributed by atoms with Gasteiger partial charge in [-0.15, -0.1) is 0 Å². The molecule has 2 unspecified atom stereocenters. The minimum absolute atomic E-state index is 0.191. The molecule has 2 atom stereocenters. The molecule has 72 valence electrons. The van der Waals surface area contributed by atoms with Crippen LogP contribution in [0.2, 0.25) is 0 Å². The van der Waals surface area contributed by atoms with E-state index in [1.165, 1.54) is 19.3 Å². The summed E-state index contributed by atoms with van der Waals surface area (Å²) in [4.78, 5) is 0. The van der Waals surface area contributed by atoms with Crippen LogP contribution in [0.25, 0.3) is 0 Å². The van der Waals surface area contributed by atoms with Gasteiger partial charge in [0.25, 0.3) is 0 Å². The van der Waals surface area contributed by atoms with Crippen molar-refractivity contribution in [1.29, 1.82) is 0 Å². The largest absolute Gasteiger partial charge is 0.313 e. The standard InChI is InChI=1S/C9H18FNS/c1-12-9-5-2-4-8(9)11-7-3-6-10/h8-9,11H,2-7H2,1H3. The van der Waals surface area contributed by atoms with Crippen molar-refractivity contribution < 1.29 is 4.39 Å². The van der Waals surface area contributed by atoms with Crippen LogP contribution >= 0.6 is 11.8 Å². The molecule has 1 fully saturated rings. The molecule has 0 radical (unpaired) electrons. The van der Waals surface area contributed by atoms with Gasteiger partial charge in [0.2, 0.25) is 0 Å². The lowest BCUT2D eigenvalue weighted by molar-refractivity contribution is 0.439. The summed E-state index contributed by atoms with van der Waals surface area (Å²) in [6.45, 7) is 0.655. The Bertz CT molecular complexity index is 121. The van der Waals surface area contributed by atoms with E-state index in [1.807, 2.05) is 11.8 Å². The highest BCUT2D eigenvalue weighted by Crippen LogP contribution is 2.28. The molecule has 0 bridgehead atoms. The topological polar surface area (TPSA) is 12.0 Å². The quantitative estimate of drug-likeness (QED) is 0.669. The fraction of sp³-hybridized carbons (Fsp3) is 1.00. The highest BCUT2D eigenvalue weighted by atomic mass is 32.2. The maximum Gasteiger partial charge on any atom is 0.0906 e. The lowest BCUT2D eigenvalue weighted by Gasteiger charge is -2.18. The van der Waals surface area contributed by atoms with Gasteiger partial charge >= 0.3 is 0 Å². The molecule has 1 N–H and O–H groups in total. The van der Waals surface area contributed by atoms with E-state index in [-0.39, 0.29) is 6.67 Å². The molecule has 0 saturated heterocycles. The third kappa shape index (κ3) is 2.94. The van der Waals surface area contributed by atoms with Crippen molar-refractivity contribution in [2.75, 3.05) is 19.5 Å². The molecular formula is C9H18FNS. The second kappa shape index (κ2) is 5.81. The van der Waals surface area contributed by atoms with Crippen LogP contribution in [0.3, 0.4) is 0 Å². The Morgan fingerprint density at radius 2 is 2.33 bits per heavy atom. The molecule has 0 spiro atoms. The van der Waals surface area contributed by atoms with E-state index < -0.39 is 0 Å². The first-order valence-corrected chi connectivity index (χ1v) is 5.99. The lowest BCUT2D eigenvalue weighted by Crippen LogP contribution is -2.34. The molecule has 3 heteroatoms. The number of nitrogens with one attached hydrogen (secondary N) is 1. The summed E-state index contributed by atoms with van der Waals surface area (Å²) in [5, 5.41) is 4.19. The van der Waals surface area contributed by atoms with Gasteiger partial charge in [-0.05, 0) is 32.1 Å². The summed E-state index contributed by atoms with van der Waals surface area (Å²) < 4.78 is 11.8. The number of hydrogen-bond donors (Lipinski definition) is 1. The number of thioether (sulfide) groups is 1. The predicted octanol–water partition coefficient (Wildman–Crippen LogP) is 2.22. The summed E-state index contributed by atoms with van der Waals surface area (Å²) in [6.07, 6.45) is 6.77. The third-order valence-corrected chi connectivity index (χ3v) is 3.64. The van der Waals surface area contributed by atoms with Gasteiger partial charge in [0.15, 0.2) is 0 Å². The van der Waals surface area contributed by atoms with Crippen molar-refractivity contribution >= 4 is 11.8 Å². The second-order valence-corrected chi connectivity index (χ2v) is 4.39. The number of hydrogen-bond acceptors (Lipinski definition) is 2. The Morgan fingerprint density at radius 1 is 1.50 bits per heavy atom. The number of halogens is 1. The molecule has 1 rings (SSSR count). The fourth-order valence-corrected chi connectivity index (χ4v) is 2.76. The van der Waals surface area contributed by atoms with Crippen molar-refractivity contribution in [3.63, 3.8) is 0 Å². The van der Waals surface area contributed by atoms with Crippen molar-refractivity contribution in [3.8, 4) is 0 Å². The Morgan fingerprint density at radius 3 is 3.00 bits per heavy atom. The van der Waals surface area contributed by atoms with Gasteiger partial charge in [0.1, 0.15) is 0 Å². The van der Waals surface area contributed by atoms with Gasteiger partial charge in [-0.1, -0.05) is 6.42 Å². The molecule has 0 aromatic carbocycles. The smallest absolute Gasteiger partial charge is 0.0906 e. The van der Waals surface area contributed by atoms with E-state index in [9.17, 15) is 4.39 Å². The highest BCUT2D eigenvalue weighted by Gasteiger charge is 2.25. The zero-order valence-electron chi connectivity index (χ0n) is 7.68. The zero-order valence-corrected chi connectivity index (χ0v) is 8.50. The average molecular weight is 191 g/mol. The van der Waals surface area contributed by atoms with E-state index >= 15 is 0 Å². The van der Waals surface area contributed by atoms with E-state index in [0.29, 0.717) is 12.5 Å². The van der Waals surface area contributed by atoms with Gasteiger partial charge in [0.05, 0.1) is 6.67 Å². The van der Waals surface area contributed by atoms with Crippen LogP contribution < -0.4 is 5.32 Å². The third-order valence-electron chi connectivity index (χ3n) is 2.47. The molecule has 12 heavy (non-hydrogen) atoms. The monoisotopic (exact) mass is 191 g/mol.